The van der Waals surface area contributed by atoms with E-state index >= 15 is 0 Å². The second kappa shape index (κ2) is 10.5. The van der Waals surface area contributed by atoms with E-state index in [0.717, 1.165) is 25.0 Å². The normalized spacial score (nSPS) is 13.3. The molecule has 1 amide bonds. The van der Waals surface area contributed by atoms with E-state index in [-0.39, 0.29) is 24.0 Å². The summed E-state index contributed by atoms with van der Waals surface area (Å²) < 4.78 is 5.73. The van der Waals surface area contributed by atoms with Crippen LogP contribution < -0.4 is 11.2 Å². The van der Waals surface area contributed by atoms with E-state index in [0.29, 0.717) is 13.2 Å². The number of thiol groups is 1. The van der Waals surface area contributed by atoms with Gasteiger partial charge in [-0.05, 0) is 37.4 Å². The molecule has 0 aromatic rings. The zero-order valence-corrected chi connectivity index (χ0v) is 13.2. The molecular formula is C13H28N2O3S. The quantitative estimate of drug-likeness (QED) is 0.307. The van der Waals surface area contributed by atoms with Gasteiger partial charge in [-0.2, -0.15) is 12.6 Å². The summed E-state index contributed by atoms with van der Waals surface area (Å²) in [5, 5.41) is 2.69. The summed E-state index contributed by atoms with van der Waals surface area (Å²) in [7, 11) is 0. The van der Waals surface area contributed by atoms with Crippen LogP contribution in [0.25, 0.3) is 0 Å². The molecular weight excluding hydrogens is 264 g/mol. The summed E-state index contributed by atoms with van der Waals surface area (Å²) in [6.45, 7) is 7.67. The highest BCUT2D eigenvalue weighted by molar-refractivity contribution is 7.80. The summed E-state index contributed by atoms with van der Waals surface area (Å²) in [5.74, 6) is 5.49. The molecule has 6 heteroatoms. The van der Waals surface area contributed by atoms with Gasteiger partial charge in [0.05, 0.1) is 6.10 Å². The summed E-state index contributed by atoms with van der Waals surface area (Å²) in [4.78, 5) is 15.3. The second-order valence-corrected chi connectivity index (χ2v) is 5.99. The Morgan fingerprint density at radius 1 is 1.47 bits per heavy atom. The number of nitrogens with one attached hydrogen (secondary N) is 1. The molecule has 0 saturated heterocycles. The van der Waals surface area contributed by atoms with Crippen LogP contribution in [0.4, 0.5) is 0 Å². The fourth-order valence-corrected chi connectivity index (χ4v) is 2.56. The Labute approximate surface area is 122 Å². The van der Waals surface area contributed by atoms with Crippen LogP contribution in [0.3, 0.4) is 0 Å². The number of nitrogens with two attached hydrogens (primary N) is 1. The minimum atomic E-state index is -0.203. The van der Waals surface area contributed by atoms with Crippen molar-refractivity contribution >= 4 is 18.5 Å². The first-order valence-corrected chi connectivity index (χ1v) is 7.35. The highest BCUT2D eigenvalue weighted by Gasteiger charge is 2.20. The Bertz CT molecular complexity index is 250. The van der Waals surface area contributed by atoms with Crippen molar-refractivity contribution in [2.45, 2.75) is 46.1 Å². The number of carbonyl (C=O) groups excluding carboxylic acids is 1. The summed E-state index contributed by atoms with van der Waals surface area (Å²) >= 11 is 4.27. The number of hydrogen-bond donors (Lipinski definition) is 3. The standard InChI is InChI=1S/C13H28N2O3S/c1-11(9-13(2,3)5-8-19)17-7-4-6-15-12(16)10-18-14/h11,19H,4-10,14H2,1-3H3,(H,15,16). The Kier molecular flexibility index (Phi) is 10.3. The highest BCUT2D eigenvalue weighted by Crippen LogP contribution is 2.27. The predicted octanol–water partition coefficient (Wildman–Crippen LogP) is 1.52. The molecule has 0 heterocycles. The molecule has 1 unspecified atom stereocenters. The fraction of sp³-hybridized carbons (Fsp3) is 0.923. The molecule has 0 aliphatic rings. The largest absolute Gasteiger partial charge is 0.378 e. The van der Waals surface area contributed by atoms with Crippen LogP contribution in [-0.2, 0) is 14.4 Å². The van der Waals surface area contributed by atoms with Crippen LogP contribution in [0.5, 0.6) is 0 Å². The van der Waals surface area contributed by atoms with Crippen LogP contribution in [0.1, 0.15) is 40.0 Å². The van der Waals surface area contributed by atoms with Crippen molar-refractivity contribution in [3.63, 3.8) is 0 Å². The van der Waals surface area contributed by atoms with Gasteiger partial charge in [-0.3, -0.25) is 9.63 Å². The van der Waals surface area contributed by atoms with Gasteiger partial charge in [0, 0.05) is 13.2 Å². The summed E-state index contributed by atoms with van der Waals surface area (Å²) in [6, 6.07) is 0. The van der Waals surface area contributed by atoms with Gasteiger partial charge in [0.2, 0.25) is 5.91 Å². The zero-order chi connectivity index (χ0) is 14.7. The lowest BCUT2D eigenvalue weighted by atomic mass is 9.84. The SMILES string of the molecule is CC(CC(C)(C)CCS)OCCCNC(=O)CON. The maximum absolute atomic E-state index is 11.0. The molecule has 0 radical (unpaired) electrons. The average molecular weight is 292 g/mol. The van der Waals surface area contributed by atoms with E-state index in [2.05, 4.69) is 43.6 Å². The smallest absolute Gasteiger partial charge is 0.248 e. The van der Waals surface area contributed by atoms with E-state index in [1.165, 1.54) is 0 Å². The molecule has 0 rings (SSSR count). The van der Waals surface area contributed by atoms with Gasteiger partial charge in [-0.15, -0.1) is 0 Å². The predicted molar refractivity (Wildman–Crippen MR) is 80.0 cm³/mol. The number of amides is 1. The number of carbonyl (C=O) groups is 1. The summed E-state index contributed by atoms with van der Waals surface area (Å²) in [6.07, 6.45) is 3.10. The molecule has 0 aliphatic carbocycles. The van der Waals surface area contributed by atoms with Crippen LogP contribution in [0.15, 0.2) is 0 Å². The van der Waals surface area contributed by atoms with Crippen LogP contribution in [0, 0.1) is 5.41 Å². The molecule has 0 aliphatic heterocycles. The Balaban J connectivity index is 3.58. The van der Waals surface area contributed by atoms with Gasteiger partial charge in [0.15, 0.2) is 0 Å². The molecule has 0 saturated carbocycles. The number of hydrogen-bond acceptors (Lipinski definition) is 5. The molecule has 114 valence electrons. The number of ether oxygens (including phenoxy) is 1. The topological polar surface area (TPSA) is 73.6 Å². The molecule has 1 atom stereocenters. The zero-order valence-electron chi connectivity index (χ0n) is 12.3. The van der Waals surface area contributed by atoms with Gasteiger partial charge < -0.3 is 10.1 Å². The minimum absolute atomic E-state index is 0.102. The lowest BCUT2D eigenvalue weighted by Crippen LogP contribution is -2.30. The molecule has 0 fully saturated rings. The lowest BCUT2D eigenvalue weighted by molar-refractivity contribution is -0.125. The van der Waals surface area contributed by atoms with Crippen LogP contribution >= 0.6 is 12.6 Å². The Hall–Kier alpha value is -0.300. The van der Waals surface area contributed by atoms with Gasteiger partial charge in [0.25, 0.3) is 0 Å². The van der Waals surface area contributed by atoms with E-state index in [1.807, 2.05) is 0 Å². The van der Waals surface area contributed by atoms with Crippen molar-refractivity contribution in [1.29, 1.82) is 0 Å². The van der Waals surface area contributed by atoms with E-state index < -0.39 is 0 Å². The van der Waals surface area contributed by atoms with E-state index in [9.17, 15) is 4.79 Å². The van der Waals surface area contributed by atoms with E-state index in [1.54, 1.807) is 0 Å². The molecule has 0 bridgehead atoms. The van der Waals surface area contributed by atoms with E-state index in [4.69, 9.17) is 10.6 Å². The molecule has 19 heavy (non-hydrogen) atoms. The van der Waals surface area contributed by atoms with Gasteiger partial charge >= 0.3 is 0 Å². The maximum atomic E-state index is 11.0. The molecule has 5 nitrogen and oxygen atoms in total. The van der Waals surface area contributed by atoms with Crippen molar-refractivity contribution in [1.82, 2.24) is 5.32 Å². The molecule has 0 aromatic heterocycles. The van der Waals surface area contributed by atoms with Crippen LogP contribution in [0.2, 0.25) is 0 Å². The average Bonchev–Trinajstić information content (AvgIpc) is 2.27. The third-order valence-corrected chi connectivity index (χ3v) is 3.11. The van der Waals surface area contributed by atoms with Crippen molar-refractivity contribution in [2.24, 2.45) is 11.3 Å². The lowest BCUT2D eigenvalue weighted by Gasteiger charge is -2.27. The van der Waals surface area contributed by atoms with Crippen LogP contribution in [-0.4, -0.2) is 37.5 Å². The maximum Gasteiger partial charge on any atom is 0.248 e. The second-order valence-electron chi connectivity index (χ2n) is 5.54. The van der Waals surface area contributed by atoms with Gasteiger partial charge in [-0.1, -0.05) is 13.8 Å². The highest BCUT2D eigenvalue weighted by atomic mass is 32.1. The summed E-state index contributed by atoms with van der Waals surface area (Å²) in [5.41, 5.74) is 0.258. The Morgan fingerprint density at radius 2 is 2.16 bits per heavy atom. The Morgan fingerprint density at radius 3 is 2.74 bits per heavy atom. The first-order valence-electron chi connectivity index (χ1n) is 6.72. The number of rotatable bonds is 11. The monoisotopic (exact) mass is 292 g/mol. The first kappa shape index (κ1) is 18.7. The molecule has 0 aromatic carbocycles. The van der Waals surface area contributed by atoms with Crippen molar-refractivity contribution in [3.8, 4) is 0 Å². The fourth-order valence-electron chi connectivity index (χ4n) is 1.95. The van der Waals surface area contributed by atoms with Crippen molar-refractivity contribution in [2.75, 3.05) is 25.5 Å². The van der Waals surface area contributed by atoms with Gasteiger partial charge in [-0.25, -0.2) is 5.90 Å². The first-order chi connectivity index (χ1) is 8.91. The minimum Gasteiger partial charge on any atom is -0.378 e. The molecule has 0 spiro atoms. The third-order valence-electron chi connectivity index (χ3n) is 2.89. The third kappa shape index (κ3) is 11.2. The van der Waals surface area contributed by atoms with Crippen molar-refractivity contribution < 1.29 is 14.4 Å². The molecule has 3 N–H and O–H groups in total. The van der Waals surface area contributed by atoms with Crippen molar-refractivity contribution in [3.05, 3.63) is 0 Å². The van der Waals surface area contributed by atoms with Gasteiger partial charge in [0.1, 0.15) is 6.61 Å².